The van der Waals surface area contributed by atoms with E-state index in [0.29, 0.717) is 22.0 Å². The minimum absolute atomic E-state index is 0.136. The lowest BCUT2D eigenvalue weighted by atomic mass is 10.0. The smallest absolute Gasteiger partial charge is 0.282 e. The molecule has 0 atom stereocenters. The molecule has 2 amide bonds. The highest BCUT2D eigenvalue weighted by Crippen LogP contribution is 2.34. The van der Waals surface area contributed by atoms with E-state index < -0.39 is 17.6 Å². The van der Waals surface area contributed by atoms with Crippen LogP contribution >= 0.6 is 11.6 Å². The van der Waals surface area contributed by atoms with Crippen molar-refractivity contribution in [1.82, 2.24) is 0 Å². The van der Waals surface area contributed by atoms with Crippen LogP contribution in [0.15, 0.2) is 78.5 Å². The maximum absolute atomic E-state index is 13.5. The van der Waals surface area contributed by atoms with Crippen LogP contribution in [-0.4, -0.2) is 24.9 Å². The lowest BCUT2D eigenvalue weighted by molar-refractivity contribution is -0.120. The summed E-state index contributed by atoms with van der Waals surface area (Å²) in [5.74, 6) is -1.40. The summed E-state index contributed by atoms with van der Waals surface area (Å²) in [6.07, 6.45) is 0. The molecule has 3 aromatic rings. The summed E-state index contributed by atoms with van der Waals surface area (Å²) in [6, 6.07) is 19.6. The number of amides is 2. The van der Waals surface area contributed by atoms with E-state index in [0.717, 1.165) is 23.7 Å². The molecule has 0 aliphatic carbocycles. The Hall–Kier alpha value is -3.64. The first-order valence-corrected chi connectivity index (χ1v) is 11.1. The summed E-state index contributed by atoms with van der Waals surface area (Å²) in [7, 11) is 0. The van der Waals surface area contributed by atoms with E-state index in [4.69, 9.17) is 11.6 Å². The third-order valence-electron chi connectivity index (χ3n) is 5.57. The van der Waals surface area contributed by atoms with E-state index in [2.05, 4.69) is 24.1 Å². The van der Waals surface area contributed by atoms with Crippen molar-refractivity contribution in [1.29, 1.82) is 0 Å². The highest BCUT2D eigenvalue weighted by atomic mass is 35.5. The number of imide groups is 1. The number of rotatable bonds is 7. The van der Waals surface area contributed by atoms with Gasteiger partial charge in [0.25, 0.3) is 11.8 Å². The predicted octanol–water partition coefficient (Wildman–Crippen LogP) is 5.72. The molecule has 7 heteroatoms. The highest BCUT2D eigenvalue weighted by Gasteiger charge is 2.40. The largest absolute Gasteiger partial charge is 0.372 e. The van der Waals surface area contributed by atoms with E-state index in [9.17, 15) is 14.0 Å². The van der Waals surface area contributed by atoms with Crippen LogP contribution in [0.4, 0.5) is 21.5 Å². The number of hydrogen-bond acceptors (Lipinski definition) is 4. The summed E-state index contributed by atoms with van der Waals surface area (Å²) in [4.78, 5) is 30.1. The molecule has 0 saturated heterocycles. The average Bonchev–Trinajstić information content (AvgIpc) is 3.06. The molecule has 0 bridgehead atoms. The van der Waals surface area contributed by atoms with E-state index in [1.54, 1.807) is 24.3 Å². The number of carbonyl (C=O) groups is 2. The molecule has 1 heterocycles. The molecule has 0 unspecified atom stereocenters. The molecule has 5 nitrogen and oxygen atoms in total. The van der Waals surface area contributed by atoms with Gasteiger partial charge in [-0.15, -0.1) is 0 Å². The Kier molecular flexibility index (Phi) is 6.47. The van der Waals surface area contributed by atoms with Gasteiger partial charge in [-0.3, -0.25) is 9.59 Å². The van der Waals surface area contributed by atoms with Gasteiger partial charge in [-0.2, -0.15) is 0 Å². The number of nitrogens with one attached hydrogen (secondary N) is 1. The minimum atomic E-state index is -0.491. The first-order chi connectivity index (χ1) is 15.9. The molecule has 3 aromatic carbocycles. The van der Waals surface area contributed by atoms with Gasteiger partial charge in [-0.1, -0.05) is 23.7 Å². The Morgan fingerprint density at radius 3 is 2.03 bits per heavy atom. The third kappa shape index (κ3) is 4.47. The van der Waals surface area contributed by atoms with Crippen LogP contribution in [0.5, 0.6) is 0 Å². The van der Waals surface area contributed by atoms with Crippen molar-refractivity contribution in [3.05, 3.63) is 94.9 Å². The van der Waals surface area contributed by atoms with Gasteiger partial charge in [0.2, 0.25) is 0 Å². The van der Waals surface area contributed by atoms with Gasteiger partial charge in [-0.25, -0.2) is 9.29 Å². The first kappa shape index (κ1) is 22.6. The Labute approximate surface area is 197 Å². The van der Waals surface area contributed by atoms with Crippen molar-refractivity contribution in [2.24, 2.45) is 0 Å². The van der Waals surface area contributed by atoms with E-state index in [1.807, 2.05) is 24.3 Å². The molecule has 168 valence electrons. The van der Waals surface area contributed by atoms with Gasteiger partial charge in [-0.05, 0) is 80.1 Å². The van der Waals surface area contributed by atoms with Crippen LogP contribution in [0.2, 0.25) is 5.02 Å². The topological polar surface area (TPSA) is 52.7 Å². The Bertz CT molecular complexity index is 1200. The number of anilines is 3. The van der Waals surface area contributed by atoms with Crippen molar-refractivity contribution in [3.8, 4) is 0 Å². The van der Waals surface area contributed by atoms with Crippen molar-refractivity contribution < 1.29 is 14.0 Å². The van der Waals surface area contributed by atoms with Crippen molar-refractivity contribution in [3.63, 3.8) is 0 Å². The summed E-state index contributed by atoms with van der Waals surface area (Å²) in [6.45, 7) is 5.94. The van der Waals surface area contributed by atoms with Crippen LogP contribution in [0.1, 0.15) is 19.4 Å². The molecule has 0 aromatic heterocycles. The Morgan fingerprint density at radius 2 is 1.45 bits per heavy atom. The zero-order chi connectivity index (χ0) is 23.5. The number of halogens is 2. The van der Waals surface area contributed by atoms with E-state index in [-0.39, 0.29) is 11.3 Å². The third-order valence-corrected chi connectivity index (χ3v) is 5.82. The fourth-order valence-electron chi connectivity index (χ4n) is 3.84. The lowest BCUT2D eigenvalue weighted by Gasteiger charge is -2.21. The monoisotopic (exact) mass is 463 g/mol. The quantitative estimate of drug-likeness (QED) is 0.455. The molecule has 1 aliphatic heterocycles. The van der Waals surface area contributed by atoms with Crippen LogP contribution < -0.4 is 15.1 Å². The molecule has 1 aliphatic rings. The minimum Gasteiger partial charge on any atom is -0.372 e. The van der Waals surface area contributed by atoms with Crippen molar-refractivity contribution in [2.45, 2.75) is 13.8 Å². The molecule has 0 fully saturated rings. The standard InChI is InChI=1S/C26H23ClFN3O2/c1-3-30(4-2)21-15-11-20(12-16-21)29-24-23(17-5-9-19(28)10-6-17)25(32)31(26(24)33)22-13-7-18(27)8-14-22/h5-16,29H,3-4H2,1-2H3. The van der Waals surface area contributed by atoms with Crippen LogP contribution in [0.25, 0.3) is 5.57 Å². The number of nitrogens with zero attached hydrogens (tertiary/aromatic N) is 2. The van der Waals surface area contributed by atoms with Gasteiger partial charge in [0.15, 0.2) is 0 Å². The van der Waals surface area contributed by atoms with Gasteiger partial charge >= 0.3 is 0 Å². The van der Waals surface area contributed by atoms with Crippen molar-refractivity contribution in [2.75, 3.05) is 28.2 Å². The van der Waals surface area contributed by atoms with Gasteiger partial charge in [0.05, 0.1) is 11.3 Å². The number of carbonyl (C=O) groups excluding carboxylic acids is 2. The molecule has 0 radical (unpaired) electrons. The summed E-state index contributed by atoms with van der Waals surface area (Å²) >= 11 is 5.97. The SMILES string of the molecule is CCN(CC)c1ccc(NC2=C(c3ccc(F)cc3)C(=O)N(c3ccc(Cl)cc3)C2=O)cc1. The molecule has 4 rings (SSSR count). The first-order valence-electron chi connectivity index (χ1n) is 10.7. The average molecular weight is 464 g/mol. The van der Waals surface area contributed by atoms with Gasteiger partial charge < -0.3 is 10.2 Å². The second-order valence-electron chi connectivity index (χ2n) is 7.52. The second-order valence-corrected chi connectivity index (χ2v) is 7.96. The predicted molar refractivity (Wildman–Crippen MR) is 131 cm³/mol. The Balaban J connectivity index is 1.73. The molecular weight excluding hydrogens is 441 g/mol. The number of benzene rings is 3. The summed E-state index contributed by atoms with van der Waals surface area (Å²) < 4.78 is 13.5. The lowest BCUT2D eigenvalue weighted by Crippen LogP contribution is -2.32. The maximum atomic E-state index is 13.5. The zero-order valence-electron chi connectivity index (χ0n) is 18.3. The van der Waals surface area contributed by atoms with E-state index in [1.165, 1.54) is 24.3 Å². The van der Waals surface area contributed by atoms with Crippen LogP contribution in [0, 0.1) is 5.82 Å². The van der Waals surface area contributed by atoms with Gasteiger partial charge in [0, 0.05) is 29.5 Å². The second kappa shape index (κ2) is 9.46. The summed E-state index contributed by atoms with van der Waals surface area (Å²) in [5, 5.41) is 3.62. The van der Waals surface area contributed by atoms with Crippen molar-refractivity contribution >= 4 is 46.1 Å². The Morgan fingerprint density at radius 1 is 0.848 bits per heavy atom. The molecule has 0 saturated carbocycles. The van der Waals surface area contributed by atoms with Gasteiger partial charge in [0.1, 0.15) is 11.5 Å². The van der Waals surface area contributed by atoms with Crippen LogP contribution in [-0.2, 0) is 9.59 Å². The molecule has 1 N–H and O–H groups in total. The molecule has 0 spiro atoms. The highest BCUT2D eigenvalue weighted by molar-refractivity contribution is 6.46. The van der Waals surface area contributed by atoms with Crippen LogP contribution in [0.3, 0.4) is 0 Å². The molecular formula is C26H23ClFN3O2. The molecule has 33 heavy (non-hydrogen) atoms. The normalized spacial score (nSPS) is 13.6. The van der Waals surface area contributed by atoms with E-state index >= 15 is 0 Å². The zero-order valence-corrected chi connectivity index (χ0v) is 19.1. The number of hydrogen-bond donors (Lipinski definition) is 1. The maximum Gasteiger partial charge on any atom is 0.282 e. The summed E-state index contributed by atoms with van der Waals surface area (Å²) in [5.41, 5.74) is 2.91. The fourth-order valence-corrected chi connectivity index (χ4v) is 3.97. The fraction of sp³-hybridized carbons (Fsp3) is 0.154.